The van der Waals surface area contributed by atoms with Crippen LogP contribution < -0.4 is 0 Å². The van der Waals surface area contributed by atoms with E-state index >= 15 is 0 Å². The van der Waals surface area contributed by atoms with Crippen LogP contribution in [0.3, 0.4) is 0 Å². The predicted octanol–water partition coefficient (Wildman–Crippen LogP) is 1.92. The van der Waals surface area contributed by atoms with Gasteiger partial charge in [0, 0.05) is 24.3 Å². The smallest absolute Gasteiger partial charge is 0.269 e. The molecule has 7 heteroatoms. The van der Waals surface area contributed by atoms with Crippen molar-refractivity contribution in [1.82, 2.24) is 0 Å². The molecule has 0 saturated carbocycles. The lowest BCUT2D eigenvalue weighted by Crippen LogP contribution is -2.13. The molecule has 7 nitrogen and oxygen atoms in total. The molecule has 1 fully saturated rings. The van der Waals surface area contributed by atoms with Gasteiger partial charge in [-0.25, -0.2) is 0 Å². The van der Waals surface area contributed by atoms with Gasteiger partial charge in [0.1, 0.15) is 11.7 Å². The quantitative estimate of drug-likeness (QED) is 0.469. The van der Waals surface area contributed by atoms with E-state index in [1.807, 2.05) is 0 Å². The Morgan fingerprint density at radius 2 is 1.79 bits per heavy atom. The van der Waals surface area contributed by atoms with E-state index in [1.54, 1.807) is 18.2 Å². The highest BCUT2D eigenvalue weighted by atomic mass is 16.6. The van der Waals surface area contributed by atoms with Gasteiger partial charge in [-0.2, -0.15) is 0 Å². The molecule has 0 bridgehead atoms. The molecule has 19 heavy (non-hydrogen) atoms. The molecule has 1 heterocycles. The molecule has 1 aliphatic heterocycles. The molecule has 2 aliphatic rings. The van der Waals surface area contributed by atoms with Crippen LogP contribution in [0.4, 0.5) is 5.69 Å². The van der Waals surface area contributed by atoms with Crippen LogP contribution >= 0.6 is 0 Å². The van der Waals surface area contributed by atoms with Crippen molar-refractivity contribution < 1.29 is 14.6 Å². The van der Waals surface area contributed by atoms with E-state index in [-0.39, 0.29) is 17.5 Å². The van der Waals surface area contributed by atoms with Crippen molar-refractivity contribution in [3.05, 3.63) is 74.0 Å². The zero-order chi connectivity index (χ0) is 13.6. The van der Waals surface area contributed by atoms with Gasteiger partial charge in [-0.05, 0) is 23.8 Å². The second-order valence-electron chi connectivity index (χ2n) is 4.32. The number of nitro benzene ring substituents is 1. The van der Waals surface area contributed by atoms with E-state index < -0.39 is 15.4 Å². The van der Waals surface area contributed by atoms with Crippen molar-refractivity contribution in [3.63, 3.8) is 0 Å². The Morgan fingerprint density at radius 3 is 2.32 bits per heavy atom. The minimum Gasteiger partial charge on any atom is -0.352 e. The SMILES string of the molecule is O=[N+]([O-])C1=CC2OC2(c2ccc([N+](=O)[O-])cc2)C=C1. The lowest BCUT2D eigenvalue weighted by Gasteiger charge is -2.09. The highest BCUT2D eigenvalue weighted by molar-refractivity contribution is 5.46. The van der Waals surface area contributed by atoms with Crippen LogP contribution in [0.2, 0.25) is 0 Å². The Hall–Kier alpha value is -2.54. The first kappa shape index (κ1) is 11.5. The largest absolute Gasteiger partial charge is 0.352 e. The third-order valence-electron chi connectivity index (χ3n) is 3.25. The van der Waals surface area contributed by atoms with Gasteiger partial charge in [-0.3, -0.25) is 20.2 Å². The fraction of sp³-hybridized carbons (Fsp3) is 0.167. The maximum absolute atomic E-state index is 10.6. The second-order valence-corrected chi connectivity index (χ2v) is 4.32. The molecular weight excluding hydrogens is 252 g/mol. The summed E-state index contributed by atoms with van der Waals surface area (Å²) in [6.07, 6.45) is 4.09. The fourth-order valence-corrected chi connectivity index (χ4v) is 2.18. The molecule has 1 saturated heterocycles. The van der Waals surface area contributed by atoms with Crippen molar-refractivity contribution in [2.24, 2.45) is 0 Å². The number of nitrogens with zero attached hydrogens (tertiary/aromatic N) is 2. The van der Waals surface area contributed by atoms with E-state index in [0.29, 0.717) is 0 Å². The molecule has 1 aromatic carbocycles. The molecule has 1 aliphatic carbocycles. The Labute approximate surface area is 107 Å². The molecule has 0 amide bonds. The Morgan fingerprint density at radius 1 is 1.11 bits per heavy atom. The molecule has 2 unspecified atom stereocenters. The summed E-state index contributed by atoms with van der Waals surface area (Å²) >= 11 is 0. The van der Waals surface area contributed by atoms with Crippen molar-refractivity contribution in [2.75, 3.05) is 0 Å². The molecule has 0 spiro atoms. The number of ether oxygens (including phenoxy) is 1. The predicted molar refractivity (Wildman–Crippen MR) is 63.9 cm³/mol. The molecule has 0 aromatic heterocycles. The van der Waals surface area contributed by atoms with Crippen LogP contribution in [0.5, 0.6) is 0 Å². The third-order valence-corrected chi connectivity index (χ3v) is 3.25. The number of hydrogen-bond donors (Lipinski definition) is 0. The topological polar surface area (TPSA) is 98.8 Å². The van der Waals surface area contributed by atoms with Gasteiger partial charge in [0.15, 0.2) is 0 Å². The average Bonchev–Trinajstić information content (AvgIpc) is 3.13. The van der Waals surface area contributed by atoms with Gasteiger partial charge in [0.05, 0.1) is 9.85 Å². The maximum atomic E-state index is 10.6. The number of hydrogen-bond acceptors (Lipinski definition) is 5. The number of non-ortho nitro benzene ring substituents is 1. The van der Waals surface area contributed by atoms with Crippen molar-refractivity contribution >= 4 is 5.69 Å². The first-order valence-electron chi connectivity index (χ1n) is 5.51. The molecule has 0 radical (unpaired) electrons. The lowest BCUT2D eigenvalue weighted by molar-refractivity contribution is -0.419. The van der Waals surface area contributed by atoms with E-state index in [1.165, 1.54) is 24.3 Å². The van der Waals surface area contributed by atoms with Gasteiger partial charge in [0.2, 0.25) is 0 Å². The number of rotatable bonds is 3. The molecule has 0 N–H and O–H groups in total. The van der Waals surface area contributed by atoms with Crippen LogP contribution in [0.15, 0.2) is 48.2 Å². The average molecular weight is 260 g/mol. The first-order valence-corrected chi connectivity index (χ1v) is 5.51. The van der Waals surface area contributed by atoms with Gasteiger partial charge in [-0.1, -0.05) is 0 Å². The van der Waals surface area contributed by atoms with Crippen LogP contribution in [-0.4, -0.2) is 16.0 Å². The summed E-state index contributed by atoms with van der Waals surface area (Å²) in [6, 6.07) is 5.99. The van der Waals surface area contributed by atoms with E-state index in [2.05, 4.69) is 0 Å². The zero-order valence-electron chi connectivity index (χ0n) is 9.55. The number of allylic oxidation sites excluding steroid dienone is 1. The summed E-state index contributed by atoms with van der Waals surface area (Å²) in [5.41, 5.74) is 0.0472. The first-order chi connectivity index (χ1) is 9.03. The number of fused-ring (bicyclic) bond motifs is 1. The van der Waals surface area contributed by atoms with Gasteiger partial charge in [-0.15, -0.1) is 0 Å². The second kappa shape index (κ2) is 3.72. The number of benzene rings is 1. The van der Waals surface area contributed by atoms with Crippen LogP contribution in [-0.2, 0) is 10.3 Å². The maximum Gasteiger partial charge on any atom is 0.269 e. The fourth-order valence-electron chi connectivity index (χ4n) is 2.18. The Kier molecular flexibility index (Phi) is 2.26. The minimum atomic E-state index is -0.700. The van der Waals surface area contributed by atoms with Crippen molar-refractivity contribution in [2.45, 2.75) is 11.7 Å². The van der Waals surface area contributed by atoms with Crippen molar-refractivity contribution in [1.29, 1.82) is 0 Å². The highest BCUT2D eigenvalue weighted by Crippen LogP contribution is 2.51. The summed E-state index contributed by atoms with van der Waals surface area (Å²) in [7, 11) is 0. The Balaban J connectivity index is 1.88. The van der Waals surface area contributed by atoms with Gasteiger partial charge < -0.3 is 4.74 Å². The molecular formula is C12H8N2O5. The van der Waals surface area contributed by atoms with Crippen LogP contribution in [0.25, 0.3) is 0 Å². The summed E-state index contributed by atoms with van der Waals surface area (Å²) in [5, 5.41) is 21.2. The zero-order valence-corrected chi connectivity index (χ0v) is 9.55. The van der Waals surface area contributed by atoms with Crippen molar-refractivity contribution in [3.8, 4) is 0 Å². The molecule has 96 valence electrons. The van der Waals surface area contributed by atoms with Gasteiger partial charge >= 0.3 is 0 Å². The highest BCUT2D eigenvalue weighted by Gasteiger charge is 2.57. The Bertz CT molecular complexity index is 634. The third kappa shape index (κ3) is 1.71. The standard InChI is InChI=1S/C12H8N2O5/c15-13(16)9-3-1-8(2-4-9)12-6-5-10(14(17)18)7-11(12)19-12/h1-7,11H. The van der Waals surface area contributed by atoms with Gasteiger partial charge in [0.25, 0.3) is 11.4 Å². The van der Waals surface area contributed by atoms with E-state index in [0.717, 1.165) is 5.56 Å². The van der Waals surface area contributed by atoms with E-state index in [9.17, 15) is 20.2 Å². The summed E-state index contributed by atoms with van der Waals surface area (Å²) in [4.78, 5) is 20.3. The van der Waals surface area contributed by atoms with E-state index in [4.69, 9.17) is 4.74 Å². The summed E-state index contributed by atoms with van der Waals surface area (Å²) < 4.78 is 5.49. The number of nitro groups is 2. The monoisotopic (exact) mass is 260 g/mol. The minimum absolute atomic E-state index is 0.0000340. The molecule has 2 atom stereocenters. The normalized spacial score (nSPS) is 27.4. The number of epoxide rings is 1. The summed E-state index contributed by atoms with van der Waals surface area (Å²) in [5.74, 6) is 0. The lowest BCUT2D eigenvalue weighted by atomic mass is 9.91. The summed E-state index contributed by atoms with van der Waals surface area (Å²) in [6.45, 7) is 0. The van der Waals surface area contributed by atoms with Crippen LogP contribution in [0.1, 0.15) is 5.56 Å². The van der Waals surface area contributed by atoms with Crippen LogP contribution in [0, 0.1) is 20.2 Å². The molecule has 1 aromatic rings. The molecule has 3 rings (SSSR count).